The number of carboxylic acids is 2. The number of oxime groups is 1. The second kappa shape index (κ2) is 9.86. The van der Waals surface area contributed by atoms with Gasteiger partial charge in [0.05, 0.1) is 0 Å². The van der Waals surface area contributed by atoms with E-state index in [0.29, 0.717) is 0 Å². The molecule has 0 spiro atoms. The van der Waals surface area contributed by atoms with Crippen molar-refractivity contribution in [2.24, 2.45) is 5.16 Å². The molecular weight excluding hydrogens is 482 g/mol. The summed E-state index contributed by atoms with van der Waals surface area (Å²) in [5.41, 5.74) is 5.12. The molecule has 0 aliphatic carbocycles. The van der Waals surface area contributed by atoms with Gasteiger partial charge in [0.2, 0.25) is 6.61 Å². The van der Waals surface area contributed by atoms with E-state index in [1.165, 1.54) is 24.1 Å². The number of carboxylic acid groups (broad SMARTS) is 2. The molecule has 3 rings (SSSR count). The SMILES string of the molecule is CC(=O)OCC1=C(C(=O)O)N2C(=O)[C@@H](NC(=O)/C(=N/OCC(=O)O)c3csc(N)n3)C2SC1. The van der Waals surface area contributed by atoms with Crippen molar-refractivity contribution < 1.29 is 43.8 Å². The molecule has 16 heteroatoms. The first-order chi connectivity index (χ1) is 15.6. The summed E-state index contributed by atoms with van der Waals surface area (Å²) in [4.78, 5) is 68.5. The van der Waals surface area contributed by atoms with E-state index in [2.05, 4.69) is 20.3 Å². The van der Waals surface area contributed by atoms with E-state index in [1.54, 1.807) is 0 Å². The van der Waals surface area contributed by atoms with Gasteiger partial charge >= 0.3 is 17.9 Å². The van der Waals surface area contributed by atoms with Gasteiger partial charge in [-0.2, -0.15) is 0 Å². The van der Waals surface area contributed by atoms with Crippen molar-refractivity contribution in [1.82, 2.24) is 15.2 Å². The first-order valence-corrected chi connectivity index (χ1v) is 11.0. The number of nitrogens with two attached hydrogens (primary N) is 1. The topological polar surface area (TPSA) is 211 Å². The molecule has 1 aromatic heterocycles. The molecule has 3 heterocycles. The predicted molar refractivity (Wildman–Crippen MR) is 113 cm³/mol. The van der Waals surface area contributed by atoms with Gasteiger partial charge in [-0.25, -0.2) is 14.6 Å². The Bertz CT molecular complexity index is 1080. The third-order valence-electron chi connectivity index (χ3n) is 4.31. The number of rotatable bonds is 9. The number of esters is 1. The zero-order chi connectivity index (χ0) is 24.3. The van der Waals surface area contributed by atoms with Crippen LogP contribution in [-0.2, 0) is 33.5 Å². The first kappa shape index (κ1) is 24.0. The highest BCUT2D eigenvalue weighted by atomic mass is 32.2. The Labute approximate surface area is 193 Å². The monoisotopic (exact) mass is 499 g/mol. The molecule has 2 aliphatic heterocycles. The van der Waals surface area contributed by atoms with Gasteiger partial charge in [-0.3, -0.25) is 19.3 Å². The van der Waals surface area contributed by atoms with Gasteiger partial charge in [-0.05, 0) is 0 Å². The smallest absolute Gasteiger partial charge is 0.352 e. The Balaban J connectivity index is 1.78. The van der Waals surface area contributed by atoms with Crippen LogP contribution in [0.1, 0.15) is 12.6 Å². The molecule has 14 nitrogen and oxygen atoms in total. The number of aliphatic carboxylic acids is 2. The maximum Gasteiger partial charge on any atom is 0.352 e. The van der Waals surface area contributed by atoms with Crippen LogP contribution >= 0.6 is 23.1 Å². The average Bonchev–Trinajstić information content (AvgIpc) is 3.17. The predicted octanol–water partition coefficient (Wildman–Crippen LogP) is -1.17. The van der Waals surface area contributed by atoms with Gasteiger partial charge in [-0.1, -0.05) is 5.16 Å². The normalized spacial score (nSPS) is 20.0. The Hall–Kier alpha value is -3.66. The van der Waals surface area contributed by atoms with Crippen LogP contribution in [-0.4, -0.2) is 85.9 Å². The van der Waals surface area contributed by atoms with Crippen LogP contribution in [0.5, 0.6) is 0 Å². The van der Waals surface area contributed by atoms with Crippen LogP contribution < -0.4 is 11.1 Å². The lowest BCUT2D eigenvalue weighted by molar-refractivity contribution is -0.150. The number of fused-ring (bicyclic) bond motifs is 1. The van der Waals surface area contributed by atoms with Crippen molar-refractivity contribution in [3.05, 3.63) is 22.3 Å². The fourth-order valence-corrected chi connectivity index (χ4v) is 4.82. The maximum atomic E-state index is 12.8. The van der Waals surface area contributed by atoms with Crippen molar-refractivity contribution in [2.75, 3.05) is 24.7 Å². The quantitative estimate of drug-likeness (QED) is 0.137. The summed E-state index contributed by atoms with van der Waals surface area (Å²) >= 11 is 2.18. The number of β-lactam (4-membered cyclic amide) rings is 1. The van der Waals surface area contributed by atoms with Crippen LogP contribution in [0.2, 0.25) is 0 Å². The van der Waals surface area contributed by atoms with Gasteiger partial charge in [0.15, 0.2) is 10.8 Å². The molecule has 0 bridgehead atoms. The molecule has 0 aromatic carbocycles. The zero-order valence-corrected chi connectivity index (χ0v) is 18.5. The lowest BCUT2D eigenvalue weighted by Gasteiger charge is -2.49. The van der Waals surface area contributed by atoms with Gasteiger partial charge in [0.1, 0.15) is 29.4 Å². The minimum Gasteiger partial charge on any atom is -0.479 e. The van der Waals surface area contributed by atoms with Crippen LogP contribution in [0.3, 0.4) is 0 Å². The van der Waals surface area contributed by atoms with E-state index >= 15 is 0 Å². The molecule has 176 valence electrons. The fraction of sp³-hybridized carbons (Fsp3) is 0.353. The van der Waals surface area contributed by atoms with Crippen molar-refractivity contribution in [1.29, 1.82) is 0 Å². The van der Waals surface area contributed by atoms with Crippen LogP contribution in [0.15, 0.2) is 21.8 Å². The standard InChI is InChI=1S/C17H17N5O9S2/c1-6(23)30-2-7-4-32-15-11(14(27)22(15)12(7)16(28)29)20-13(26)10(21-31-3-9(24)25)8-5-33-17(18)19-8/h5,11,15H,2-4H2,1H3,(H2,18,19)(H,20,26)(H,24,25)(H,28,29)/b21-10+/t11-,15?/m1/s1. The van der Waals surface area contributed by atoms with Crippen molar-refractivity contribution in [2.45, 2.75) is 18.3 Å². The molecule has 0 saturated carbocycles. The lowest BCUT2D eigenvalue weighted by atomic mass is 10.0. The second-order valence-electron chi connectivity index (χ2n) is 6.58. The third kappa shape index (κ3) is 5.23. The number of thioether (sulfide) groups is 1. The highest BCUT2D eigenvalue weighted by molar-refractivity contribution is 8.00. The van der Waals surface area contributed by atoms with Crippen LogP contribution in [0.25, 0.3) is 0 Å². The molecule has 1 saturated heterocycles. The number of ether oxygens (including phenoxy) is 1. The van der Waals surface area contributed by atoms with Gasteiger partial charge < -0.3 is 30.8 Å². The maximum absolute atomic E-state index is 12.8. The lowest BCUT2D eigenvalue weighted by Crippen LogP contribution is -2.71. The Morgan fingerprint density at radius 3 is 2.67 bits per heavy atom. The molecule has 5 N–H and O–H groups in total. The summed E-state index contributed by atoms with van der Waals surface area (Å²) in [7, 11) is 0. The van der Waals surface area contributed by atoms with E-state index < -0.39 is 53.5 Å². The summed E-state index contributed by atoms with van der Waals surface area (Å²) in [6, 6.07) is -1.09. The molecule has 2 atom stereocenters. The van der Waals surface area contributed by atoms with E-state index in [1.807, 2.05) is 0 Å². The van der Waals surface area contributed by atoms with Crippen molar-refractivity contribution in [3.8, 4) is 0 Å². The Morgan fingerprint density at radius 1 is 1.36 bits per heavy atom. The number of nitrogens with zero attached hydrogens (tertiary/aromatic N) is 3. The highest BCUT2D eigenvalue weighted by Gasteiger charge is 2.54. The Morgan fingerprint density at radius 2 is 2.09 bits per heavy atom. The number of aromatic nitrogens is 1. The number of anilines is 1. The molecule has 1 unspecified atom stereocenters. The Kier molecular flexibility index (Phi) is 7.17. The van der Waals surface area contributed by atoms with Crippen LogP contribution in [0, 0.1) is 0 Å². The summed E-state index contributed by atoms with van der Waals surface area (Å²) in [6.45, 7) is 0.0821. The number of thiazole rings is 1. The highest BCUT2D eigenvalue weighted by Crippen LogP contribution is 2.40. The van der Waals surface area contributed by atoms with Crippen molar-refractivity contribution in [3.63, 3.8) is 0 Å². The minimum absolute atomic E-state index is 0.00935. The zero-order valence-electron chi connectivity index (χ0n) is 16.8. The molecule has 1 aromatic rings. The van der Waals surface area contributed by atoms with Gasteiger partial charge in [-0.15, -0.1) is 23.1 Å². The summed E-state index contributed by atoms with van der Waals surface area (Å²) < 4.78 is 4.86. The van der Waals surface area contributed by atoms with E-state index in [4.69, 9.17) is 15.6 Å². The van der Waals surface area contributed by atoms with Crippen LogP contribution in [0.4, 0.5) is 5.13 Å². The minimum atomic E-state index is -1.37. The number of carbonyl (C=O) groups is 5. The number of nitrogens with one attached hydrogen (secondary N) is 1. The van der Waals surface area contributed by atoms with Gasteiger partial charge in [0, 0.05) is 23.6 Å². The molecule has 2 aliphatic rings. The number of hydrogen-bond acceptors (Lipinski definition) is 12. The molecule has 2 amide bonds. The number of carbonyl (C=O) groups excluding carboxylic acids is 3. The molecule has 1 fully saturated rings. The largest absolute Gasteiger partial charge is 0.479 e. The number of hydrogen-bond donors (Lipinski definition) is 4. The molecule has 0 radical (unpaired) electrons. The summed E-state index contributed by atoms with van der Waals surface area (Å²) in [5, 5.41) is 25.0. The summed E-state index contributed by atoms with van der Waals surface area (Å²) in [5.74, 6) is -4.72. The first-order valence-electron chi connectivity index (χ1n) is 9.07. The van der Waals surface area contributed by atoms with Gasteiger partial charge in [0.25, 0.3) is 11.8 Å². The summed E-state index contributed by atoms with van der Waals surface area (Å²) in [6.07, 6.45) is 0. The number of nitrogen functional groups attached to an aromatic ring is 1. The fourth-order valence-electron chi connectivity index (χ4n) is 2.95. The van der Waals surface area contributed by atoms with E-state index in [0.717, 1.165) is 16.2 Å². The third-order valence-corrected chi connectivity index (χ3v) is 6.32. The average molecular weight is 499 g/mol. The molecule has 33 heavy (non-hydrogen) atoms. The van der Waals surface area contributed by atoms with E-state index in [9.17, 15) is 29.1 Å². The van der Waals surface area contributed by atoms with E-state index in [-0.39, 0.29) is 34.5 Å². The number of amides is 2. The second-order valence-corrected chi connectivity index (χ2v) is 8.57. The van der Waals surface area contributed by atoms with Crippen molar-refractivity contribution >= 4 is 63.7 Å². The molecular formula is C17H17N5O9S2.